The number of nitrogens with zero attached hydrogens (tertiary/aromatic N) is 1. The molecule has 3 rings (SSSR count). The SMILES string of the molecule is CCOc1ccccc1N1C[C@@H](C(=O)Nc2ccc(C)cc2)CC1=O. The molecule has 2 amide bonds. The Morgan fingerprint density at radius 1 is 1.20 bits per heavy atom. The van der Waals surface area contributed by atoms with Gasteiger partial charge in [-0.05, 0) is 38.1 Å². The predicted octanol–water partition coefficient (Wildman–Crippen LogP) is 3.39. The molecule has 1 heterocycles. The Balaban J connectivity index is 1.72. The van der Waals surface area contributed by atoms with Crippen molar-refractivity contribution in [3.63, 3.8) is 0 Å². The van der Waals surface area contributed by atoms with Crippen LogP contribution in [0.5, 0.6) is 5.75 Å². The van der Waals surface area contributed by atoms with Crippen molar-refractivity contribution < 1.29 is 14.3 Å². The molecule has 5 heteroatoms. The van der Waals surface area contributed by atoms with Gasteiger partial charge in [0, 0.05) is 18.7 Å². The number of aryl methyl sites for hydroxylation is 1. The minimum Gasteiger partial charge on any atom is -0.492 e. The van der Waals surface area contributed by atoms with Crippen LogP contribution in [0, 0.1) is 12.8 Å². The number of nitrogens with one attached hydrogen (secondary N) is 1. The van der Waals surface area contributed by atoms with Crippen LogP contribution in [-0.2, 0) is 9.59 Å². The Bertz CT molecular complexity index is 771. The molecular weight excluding hydrogens is 316 g/mol. The summed E-state index contributed by atoms with van der Waals surface area (Å²) in [6.45, 7) is 4.78. The smallest absolute Gasteiger partial charge is 0.229 e. The fraction of sp³-hybridized carbons (Fsp3) is 0.300. The molecule has 130 valence electrons. The van der Waals surface area contributed by atoms with Crippen LogP contribution in [0.15, 0.2) is 48.5 Å². The average molecular weight is 338 g/mol. The first-order chi connectivity index (χ1) is 12.1. The molecule has 5 nitrogen and oxygen atoms in total. The molecule has 1 saturated heterocycles. The largest absolute Gasteiger partial charge is 0.492 e. The summed E-state index contributed by atoms with van der Waals surface area (Å²) in [4.78, 5) is 26.6. The van der Waals surface area contributed by atoms with Gasteiger partial charge in [0.1, 0.15) is 5.75 Å². The first kappa shape index (κ1) is 17.0. The van der Waals surface area contributed by atoms with Crippen molar-refractivity contribution >= 4 is 23.2 Å². The van der Waals surface area contributed by atoms with E-state index in [-0.39, 0.29) is 24.2 Å². The van der Waals surface area contributed by atoms with E-state index in [9.17, 15) is 9.59 Å². The standard InChI is InChI=1S/C20H22N2O3/c1-3-25-18-7-5-4-6-17(18)22-13-15(12-19(22)23)20(24)21-16-10-8-14(2)9-11-16/h4-11,15H,3,12-13H2,1-2H3,(H,21,24)/t15-/m0/s1. The minimum atomic E-state index is -0.372. The highest BCUT2D eigenvalue weighted by atomic mass is 16.5. The van der Waals surface area contributed by atoms with E-state index < -0.39 is 0 Å². The summed E-state index contributed by atoms with van der Waals surface area (Å²) < 4.78 is 5.61. The number of hydrogen-bond donors (Lipinski definition) is 1. The quantitative estimate of drug-likeness (QED) is 0.909. The molecule has 0 spiro atoms. The third-order valence-corrected chi connectivity index (χ3v) is 4.27. The maximum Gasteiger partial charge on any atom is 0.229 e. The second-order valence-electron chi connectivity index (χ2n) is 6.16. The second-order valence-corrected chi connectivity index (χ2v) is 6.16. The van der Waals surface area contributed by atoms with Crippen LogP contribution in [0.2, 0.25) is 0 Å². The van der Waals surface area contributed by atoms with E-state index in [1.54, 1.807) is 4.90 Å². The van der Waals surface area contributed by atoms with Gasteiger partial charge in [-0.25, -0.2) is 0 Å². The summed E-state index contributed by atoms with van der Waals surface area (Å²) in [7, 11) is 0. The molecule has 0 aromatic heterocycles. The van der Waals surface area contributed by atoms with Crippen LogP contribution < -0.4 is 15.0 Å². The van der Waals surface area contributed by atoms with Crippen molar-refractivity contribution in [2.75, 3.05) is 23.4 Å². The van der Waals surface area contributed by atoms with Gasteiger partial charge in [-0.2, -0.15) is 0 Å². The number of carbonyl (C=O) groups excluding carboxylic acids is 2. The third-order valence-electron chi connectivity index (χ3n) is 4.27. The lowest BCUT2D eigenvalue weighted by molar-refractivity contribution is -0.122. The van der Waals surface area contributed by atoms with Gasteiger partial charge in [0.15, 0.2) is 0 Å². The van der Waals surface area contributed by atoms with Crippen LogP contribution in [0.4, 0.5) is 11.4 Å². The second kappa shape index (κ2) is 7.38. The Labute approximate surface area is 147 Å². The van der Waals surface area contributed by atoms with Gasteiger partial charge in [-0.1, -0.05) is 29.8 Å². The number of hydrogen-bond acceptors (Lipinski definition) is 3. The van der Waals surface area contributed by atoms with E-state index in [4.69, 9.17) is 4.74 Å². The first-order valence-electron chi connectivity index (χ1n) is 8.48. The minimum absolute atomic E-state index is 0.0591. The number of amides is 2. The summed E-state index contributed by atoms with van der Waals surface area (Å²) in [5, 5.41) is 2.89. The summed E-state index contributed by atoms with van der Waals surface area (Å²) >= 11 is 0. The van der Waals surface area contributed by atoms with Gasteiger partial charge >= 0.3 is 0 Å². The van der Waals surface area contributed by atoms with Gasteiger partial charge in [0.2, 0.25) is 11.8 Å². The fourth-order valence-corrected chi connectivity index (χ4v) is 2.95. The zero-order valence-electron chi connectivity index (χ0n) is 14.5. The highest BCUT2D eigenvalue weighted by Crippen LogP contribution is 2.33. The monoisotopic (exact) mass is 338 g/mol. The number of ether oxygens (including phenoxy) is 1. The molecule has 0 bridgehead atoms. The number of para-hydroxylation sites is 2. The van der Waals surface area contributed by atoms with Gasteiger partial charge in [-0.3, -0.25) is 9.59 Å². The van der Waals surface area contributed by atoms with Crippen LogP contribution in [0.25, 0.3) is 0 Å². The molecule has 0 unspecified atom stereocenters. The van der Waals surface area contributed by atoms with Gasteiger partial charge in [0.05, 0.1) is 18.2 Å². The van der Waals surface area contributed by atoms with Crippen molar-refractivity contribution in [1.82, 2.24) is 0 Å². The summed E-state index contributed by atoms with van der Waals surface area (Å²) in [6.07, 6.45) is 0.207. The first-order valence-corrected chi connectivity index (χ1v) is 8.48. The lowest BCUT2D eigenvalue weighted by Crippen LogP contribution is -2.28. The van der Waals surface area contributed by atoms with Gasteiger partial charge in [0.25, 0.3) is 0 Å². The van der Waals surface area contributed by atoms with E-state index >= 15 is 0 Å². The predicted molar refractivity (Wildman–Crippen MR) is 97.9 cm³/mol. The number of anilines is 2. The summed E-state index contributed by atoms with van der Waals surface area (Å²) in [5.74, 6) is 0.103. The molecule has 1 aliphatic rings. The average Bonchev–Trinajstić information content (AvgIpc) is 2.99. The number of benzene rings is 2. The maximum atomic E-state index is 12.5. The summed E-state index contributed by atoms with van der Waals surface area (Å²) in [6, 6.07) is 15.1. The van der Waals surface area contributed by atoms with Crippen LogP contribution in [-0.4, -0.2) is 25.0 Å². The molecule has 1 fully saturated rings. The molecule has 25 heavy (non-hydrogen) atoms. The molecule has 1 N–H and O–H groups in total. The van der Waals surface area contributed by atoms with Crippen molar-refractivity contribution in [2.45, 2.75) is 20.3 Å². The van der Waals surface area contributed by atoms with Gasteiger partial charge < -0.3 is 15.0 Å². The zero-order chi connectivity index (χ0) is 17.8. The molecule has 1 atom stereocenters. The molecule has 1 aliphatic heterocycles. The van der Waals surface area contributed by atoms with E-state index in [1.165, 1.54) is 0 Å². The fourth-order valence-electron chi connectivity index (χ4n) is 2.95. The van der Waals surface area contributed by atoms with E-state index in [0.717, 1.165) is 16.9 Å². The lowest BCUT2D eigenvalue weighted by Gasteiger charge is -2.20. The molecule has 2 aromatic rings. The Morgan fingerprint density at radius 2 is 1.92 bits per heavy atom. The lowest BCUT2D eigenvalue weighted by atomic mass is 10.1. The topological polar surface area (TPSA) is 58.6 Å². The Morgan fingerprint density at radius 3 is 2.64 bits per heavy atom. The molecule has 0 aliphatic carbocycles. The maximum absolute atomic E-state index is 12.5. The summed E-state index contributed by atoms with van der Waals surface area (Å²) in [5.41, 5.74) is 2.60. The molecule has 0 saturated carbocycles. The number of carbonyl (C=O) groups is 2. The van der Waals surface area contributed by atoms with Gasteiger partial charge in [-0.15, -0.1) is 0 Å². The van der Waals surface area contributed by atoms with Crippen molar-refractivity contribution in [3.05, 3.63) is 54.1 Å². The van der Waals surface area contributed by atoms with E-state index in [0.29, 0.717) is 18.9 Å². The van der Waals surface area contributed by atoms with E-state index in [2.05, 4.69) is 5.32 Å². The van der Waals surface area contributed by atoms with Crippen molar-refractivity contribution in [2.24, 2.45) is 5.92 Å². The van der Waals surface area contributed by atoms with Crippen LogP contribution in [0.1, 0.15) is 18.9 Å². The molecule has 0 radical (unpaired) electrons. The van der Waals surface area contributed by atoms with Crippen LogP contribution in [0.3, 0.4) is 0 Å². The van der Waals surface area contributed by atoms with Crippen LogP contribution >= 0.6 is 0 Å². The Hall–Kier alpha value is -2.82. The highest BCUT2D eigenvalue weighted by Gasteiger charge is 2.36. The third kappa shape index (κ3) is 3.82. The highest BCUT2D eigenvalue weighted by molar-refractivity contribution is 6.04. The van der Waals surface area contributed by atoms with Crippen molar-refractivity contribution in [3.8, 4) is 5.75 Å². The molecule has 2 aromatic carbocycles. The van der Waals surface area contributed by atoms with E-state index in [1.807, 2.05) is 62.4 Å². The van der Waals surface area contributed by atoms with Crippen molar-refractivity contribution in [1.29, 1.82) is 0 Å². The normalized spacial score (nSPS) is 16.8. The zero-order valence-corrected chi connectivity index (χ0v) is 14.5. The number of rotatable bonds is 5. The Kier molecular flexibility index (Phi) is 5.03. The molecular formula is C20H22N2O3.